The molecule has 0 aliphatic rings. The van der Waals surface area contributed by atoms with Crippen molar-refractivity contribution in [2.24, 2.45) is 0 Å². The molecule has 1 aromatic heterocycles. The summed E-state index contributed by atoms with van der Waals surface area (Å²) >= 11 is 1.72. The van der Waals surface area contributed by atoms with Crippen molar-refractivity contribution in [1.82, 2.24) is 4.98 Å². The van der Waals surface area contributed by atoms with E-state index in [4.69, 9.17) is 5.41 Å². The van der Waals surface area contributed by atoms with E-state index in [1.165, 1.54) is 11.1 Å². The van der Waals surface area contributed by atoms with Crippen molar-refractivity contribution in [1.29, 1.82) is 5.41 Å². The molecule has 0 bridgehead atoms. The monoisotopic (exact) mass is 228 g/mol. The summed E-state index contributed by atoms with van der Waals surface area (Å²) in [7, 11) is 0. The van der Waals surface area contributed by atoms with Crippen LogP contribution in [0.5, 0.6) is 0 Å². The Bertz CT molecular complexity index is 492. The summed E-state index contributed by atoms with van der Waals surface area (Å²) in [5, 5.41) is 7.32. The van der Waals surface area contributed by atoms with Gasteiger partial charge in [0.25, 0.3) is 0 Å². The molecule has 80 valence electrons. The fourth-order valence-electron chi connectivity index (χ4n) is 1.55. The van der Waals surface area contributed by atoms with Gasteiger partial charge in [-0.3, -0.25) is 4.98 Å². The Kier molecular flexibility index (Phi) is 3.37. The molecular formula is C13H12N2S. The Hall–Kier alpha value is -1.61. The second-order valence-electron chi connectivity index (χ2n) is 3.31. The molecule has 0 spiro atoms. The molecule has 0 atom stereocenters. The molecule has 1 heterocycles. The van der Waals surface area contributed by atoms with Crippen LogP contribution < -0.4 is 0 Å². The number of thioether (sulfide) groups is 1. The van der Waals surface area contributed by atoms with Crippen molar-refractivity contribution in [3.05, 3.63) is 48.3 Å². The van der Waals surface area contributed by atoms with Crippen molar-refractivity contribution in [3.8, 4) is 11.1 Å². The Morgan fingerprint density at radius 3 is 2.56 bits per heavy atom. The van der Waals surface area contributed by atoms with Crippen LogP contribution in [0.3, 0.4) is 0 Å². The highest BCUT2D eigenvalue weighted by molar-refractivity contribution is 7.98. The average molecular weight is 228 g/mol. The molecule has 1 aromatic carbocycles. The van der Waals surface area contributed by atoms with Gasteiger partial charge in [-0.05, 0) is 30.0 Å². The molecule has 0 radical (unpaired) electrons. The van der Waals surface area contributed by atoms with Gasteiger partial charge in [0.1, 0.15) is 0 Å². The van der Waals surface area contributed by atoms with Crippen LogP contribution in [0.25, 0.3) is 11.1 Å². The fourth-order valence-corrected chi connectivity index (χ4v) is 1.96. The lowest BCUT2D eigenvalue weighted by Gasteiger charge is -2.05. The van der Waals surface area contributed by atoms with Crippen LogP contribution in [-0.4, -0.2) is 17.5 Å². The van der Waals surface area contributed by atoms with E-state index in [1.54, 1.807) is 18.0 Å². The van der Waals surface area contributed by atoms with E-state index >= 15 is 0 Å². The van der Waals surface area contributed by atoms with Crippen molar-refractivity contribution in [2.75, 3.05) is 6.26 Å². The SMILES string of the molecule is CSc1ccc(-c2cccnc2C=N)cc1. The van der Waals surface area contributed by atoms with Gasteiger partial charge in [0.05, 0.1) is 5.69 Å². The molecule has 0 saturated heterocycles. The molecule has 0 fully saturated rings. The minimum atomic E-state index is 0.708. The molecular weight excluding hydrogens is 216 g/mol. The van der Waals surface area contributed by atoms with Gasteiger partial charge >= 0.3 is 0 Å². The maximum Gasteiger partial charge on any atom is 0.0883 e. The average Bonchev–Trinajstić information content (AvgIpc) is 2.39. The normalized spacial score (nSPS) is 10.1. The van der Waals surface area contributed by atoms with Gasteiger partial charge in [0.15, 0.2) is 0 Å². The molecule has 2 nitrogen and oxygen atoms in total. The number of aromatic nitrogens is 1. The maximum absolute atomic E-state index is 7.32. The largest absolute Gasteiger partial charge is 0.306 e. The van der Waals surface area contributed by atoms with Crippen LogP contribution in [0.2, 0.25) is 0 Å². The van der Waals surface area contributed by atoms with Crippen molar-refractivity contribution >= 4 is 18.0 Å². The lowest BCUT2D eigenvalue weighted by Crippen LogP contribution is -1.90. The Morgan fingerprint density at radius 2 is 1.94 bits per heavy atom. The lowest BCUT2D eigenvalue weighted by molar-refractivity contribution is 1.29. The van der Waals surface area contributed by atoms with Gasteiger partial charge in [-0.2, -0.15) is 0 Å². The minimum absolute atomic E-state index is 0.708. The van der Waals surface area contributed by atoms with E-state index in [1.807, 2.05) is 12.1 Å². The van der Waals surface area contributed by atoms with Gasteiger partial charge in [-0.15, -0.1) is 11.8 Å². The summed E-state index contributed by atoms with van der Waals surface area (Å²) in [6, 6.07) is 12.2. The highest BCUT2D eigenvalue weighted by Crippen LogP contribution is 2.24. The molecule has 0 saturated carbocycles. The number of benzene rings is 1. The molecule has 16 heavy (non-hydrogen) atoms. The maximum atomic E-state index is 7.32. The van der Waals surface area contributed by atoms with Crippen LogP contribution in [0.4, 0.5) is 0 Å². The first-order valence-corrected chi connectivity index (χ1v) is 6.17. The summed E-state index contributed by atoms with van der Waals surface area (Å²) in [6.45, 7) is 0. The lowest BCUT2D eigenvalue weighted by atomic mass is 10.0. The second kappa shape index (κ2) is 4.94. The first kappa shape index (κ1) is 10.9. The summed E-state index contributed by atoms with van der Waals surface area (Å²) in [4.78, 5) is 5.41. The number of pyridine rings is 1. The minimum Gasteiger partial charge on any atom is -0.306 e. The highest BCUT2D eigenvalue weighted by atomic mass is 32.2. The quantitative estimate of drug-likeness (QED) is 0.645. The molecule has 2 rings (SSSR count). The zero-order chi connectivity index (χ0) is 11.4. The molecule has 1 N–H and O–H groups in total. The first-order chi connectivity index (χ1) is 7.85. The van der Waals surface area contributed by atoms with Crippen LogP contribution in [0, 0.1) is 5.41 Å². The predicted octanol–water partition coefficient (Wildman–Crippen LogP) is 3.47. The Balaban J connectivity index is 2.46. The number of rotatable bonds is 3. The van der Waals surface area contributed by atoms with Crippen LogP contribution in [0.15, 0.2) is 47.5 Å². The van der Waals surface area contributed by atoms with E-state index in [0.29, 0.717) is 5.69 Å². The van der Waals surface area contributed by atoms with E-state index < -0.39 is 0 Å². The van der Waals surface area contributed by atoms with Gasteiger partial charge in [0.2, 0.25) is 0 Å². The highest BCUT2D eigenvalue weighted by Gasteiger charge is 2.03. The second-order valence-corrected chi connectivity index (χ2v) is 4.19. The summed E-state index contributed by atoms with van der Waals surface area (Å²) in [6.07, 6.45) is 5.06. The molecule has 0 aliphatic carbocycles. The molecule has 0 aliphatic heterocycles. The fraction of sp³-hybridized carbons (Fsp3) is 0.0769. The van der Waals surface area contributed by atoms with Crippen LogP contribution in [0.1, 0.15) is 5.69 Å². The topological polar surface area (TPSA) is 36.7 Å². The smallest absolute Gasteiger partial charge is 0.0883 e. The molecule has 0 unspecified atom stereocenters. The van der Waals surface area contributed by atoms with Crippen LogP contribution >= 0.6 is 11.8 Å². The zero-order valence-electron chi connectivity index (χ0n) is 8.97. The number of hydrogen-bond acceptors (Lipinski definition) is 3. The van der Waals surface area contributed by atoms with Crippen molar-refractivity contribution < 1.29 is 0 Å². The molecule has 3 heteroatoms. The van der Waals surface area contributed by atoms with Gasteiger partial charge in [-0.25, -0.2) is 0 Å². The van der Waals surface area contributed by atoms with E-state index in [-0.39, 0.29) is 0 Å². The number of nitrogens with one attached hydrogen (secondary N) is 1. The van der Waals surface area contributed by atoms with Crippen molar-refractivity contribution in [3.63, 3.8) is 0 Å². The van der Waals surface area contributed by atoms with Gasteiger partial charge < -0.3 is 5.41 Å². The van der Waals surface area contributed by atoms with Crippen LogP contribution in [-0.2, 0) is 0 Å². The van der Waals surface area contributed by atoms with Gasteiger partial charge in [0, 0.05) is 22.9 Å². The summed E-state index contributed by atoms with van der Waals surface area (Å²) in [5.74, 6) is 0. The van der Waals surface area contributed by atoms with E-state index in [9.17, 15) is 0 Å². The van der Waals surface area contributed by atoms with E-state index in [2.05, 4.69) is 35.5 Å². The third-order valence-electron chi connectivity index (χ3n) is 2.38. The summed E-state index contributed by atoms with van der Waals surface area (Å²) < 4.78 is 0. The first-order valence-electron chi connectivity index (χ1n) is 4.95. The third kappa shape index (κ3) is 2.14. The number of nitrogens with zero attached hydrogens (tertiary/aromatic N) is 1. The standard InChI is InChI=1S/C13H12N2S/c1-16-11-6-4-10(5-7-11)12-3-2-8-15-13(12)9-14/h2-9,14H,1H3. The van der Waals surface area contributed by atoms with Gasteiger partial charge in [-0.1, -0.05) is 18.2 Å². The van der Waals surface area contributed by atoms with Crippen molar-refractivity contribution in [2.45, 2.75) is 4.90 Å². The molecule has 0 amide bonds. The Morgan fingerprint density at radius 1 is 1.19 bits per heavy atom. The summed E-state index contributed by atoms with van der Waals surface area (Å²) in [5.41, 5.74) is 2.81. The predicted molar refractivity (Wildman–Crippen MR) is 69.3 cm³/mol. The number of hydrogen-bond donors (Lipinski definition) is 1. The zero-order valence-corrected chi connectivity index (χ0v) is 9.79. The van der Waals surface area contributed by atoms with E-state index in [0.717, 1.165) is 11.1 Å². The third-order valence-corrected chi connectivity index (χ3v) is 3.12. The Labute approximate surface area is 99.2 Å². The molecule has 2 aromatic rings.